The van der Waals surface area contributed by atoms with Gasteiger partial charge in [0.25, 0.3) is 0 Å². The fourth-order valence-electron chi connectivity index (χ4n) is 1.15. The van der Waals surface area contributed by atoms with Crippen molar-refractivity contribution in [2.75, 3.05) is 0 Å². The van der Waals surface area contributed by atoms with Gasteiger partial charge in [0.1, 0.15) is 0 Å². The van der Waals surface area contributed by atoms with E-state index in [1.807, 2.05) is 0 Å². The Labute approximate surface area is 95.7 Å². The van der Waals surface area contributed by atoms with Crippen LogP contribution in [-0.4, -0.2) is 9.66 Å². The lowest BCUT2D eigenvalue weighted by Gasteiger charge is -2.13. The second-order valence-corrected chi connectivity index (χ2v) is 5.72. The number of halogens is 4. The predicted molar refractivity (Wildman–Crippen MR) is 60.0 cm³/mol. The van der Waals surface area contributed by atoms with Gasteiger partial charge in [0, 0.05) is 11.2 Å². The maximum absolute atomic E-state index is 12.4. The van der Waals surface area contributed by atoms with Crippen LogP contribution in [0.3, 0.4) is 0 Å². The molecule has 0 aromatic heterocycles. The molecule has 80 valence electrons. The Morgan fingerprint density at radius 2 is 1.85 bits per heavy atom. The van der Waals surface area contributed by atoms with Gasteiger partial charge in [0.2, 0.25) is 0 Å². The Balaban J connectivity index is 3.35. The molecule has 0 heterocycles. The fourth-order valence-corrected chi connectivity index (χ4v) is 2.70. The molecule has 4 heteroatoms. The first kappa shape index (κ1) is 13.8. The van der Waals surface area contributed by atoms with E-state index in [4.69, 9.17) is 0 Å². The second kappa shape index (κ2) is 7.16. The van der Waals surface area contributed by atoms with Gasteiger partial charge in [-0.1, -0.05) is 48.5 Å². The molecule has 0 bridgehead atoms. The lowest BCUT2D eigenvalue weighted by atomic mass is 10.1. The Bertz CT molecular complexity index is 123. The van der Waals surface area contributed by atoms with Gasteiger partial charge in [-0.15, -0.1) is 0 Å². The first-order valence-corrected chi connectivity index (χ1v) is 6.37. The second-order valence-electron chi connectivity index (χ2n) is 3.27. The van der Waals surface area contributed by atoms with Crippen LogP contribution in [0, 0.1) is 0 Å². The highest BCUT2D eigenvalue weighted by Crippen LogP contribution is 2.31. The maximum Gasteiger partial charge on any atom is 0.302 e. The molecule has 0 saturated heterocycles. The Kier molecular flexibility index (Phi) is 7.61. The molecule has 0 amide bonds. The average molecular weight is 322 g/mol. The summed E-state index contributed by atoms with van der Waals surface area (Å²) in [5.74, 6) is 0. The summed E-state index contributed by atoms with van der Waals surface area (Å²) in [6.45, 7) is 2.14. The molecule has 0 aromatic carbocycles. The molecule has 0 N–H and O–H groups in total. The van der Waals surface area contributed by atoms with Gasteiger partial charge in [0.05, 0.1) is 0 Å². The van der Waals surface area contributed by atoms with E-state index < -0.39 is 4.83 Å². The standard InChI is InChI=1S/C9H16Br2F2/c1-2-3-4-5-6-8(10)7-9(11,12)13/h8H,2-7H2,1H3. The molecular formula is C9H16Br2F2. The maximum atomic E-state index is 12.4. The highest BCUT2D eigenvalue weighted by molar-refractivity contribution is 9.10. The van der Waals surface area contributed by atoms with Gasteiger partial charge in [-0.25, -0.2) is 0 Å². The molecule has 0 aliphatic heterocycles. The predicted octanol–water partition coefficient (Wildman–Crippen LogP) is 5.10. The summed E-state index contributed by atoms with van der Waals surface area (Å²) in [7, 11) is 0. The zero-order valence-electron chi connectivity index (χ0n) is 7.83. The van der Waals surface area contributed by atoms with Crippen LogP contribution in [0.4, 0.5) is 8.78 Å². The third-order valence-electron chi connectivity index (χ3n) is 1.82. The summed E-state index contributed by atoms with van der Waals surface area (Å²) < 4.78 is 24.9. The van der Waals surface area contributed by atoms with E-state index in [0.29, 0.717) is 0 Å². The normalized spacial score (nSPS) is 14.5. The molecular weight excluding hydrogens is 306 g/mol. The molecule has 0 saturated carbocycles. The SMILES string of the molecule is CCCCCCC(Br)CC(F)(F)Br. The van der Waals surface area contributed by atoms with Crippen molar-refractivity contribution in [1.29, 1.82) is 0 Å². The van der Waals surface area contributed by atoms with Crippen molar-refractivity contribution < 1.29 is 8.78 Å². The summed E-state index contributed by atoms with van der Waals surface area (Å²) >= 11 is 5.59. The Hall–Kier alpha value is 0.820. The minimum absolute atomic E-state index is 0.0706. The molecule has 0 radical (unpaired) electrons. The van der Waals surface area contributed by atoms with E-state index in [1.165, 1.54) is 12.8 Å². The number of hydrogen-bond acceptors (Lipinski definition) is 0. The van der Waals surface area contributed by atoms with Crippen LogP contribution in [-0.2, 0) is 0 Å². The van der Waals surface area contributed by atoms with E-state index in [-0.39, 0.29) is 11.2 Å². The average Bonchev–Trinajstić information content (AvgIpc) is 1.94. The summed E-state index contributed by atoms with van der Waals surface area (Å²) in [5, 5.41) is 0. The molecule has 1 unspecified atom stereocenters. The van der Waals surface area contributed by atoms with Crippen molar-refractivity contribution in [3.63, 3.8) is 0 Å². The summed E-state index contributed by atoms with van der Waals surface area (Å²) in [5.41, 5.74) is 0. The quantitative estimate of drug-likeness (QED) is 0.452. The molecule has 0 rings (SSSR count). The van der Waals surface area contributed by atoms with Crippen molar-refractivity contribution in [2.45, 2.75) is 55.1 Å². The van der Waals surface area contributed by atoms with Crippen molar-refractivity contribution in [1.82, 2.24) is 0 Å². The molecule has 0 aliphatic carbocycles. The van der Waals surface area contributed by atoms with Crippen molar-refractivity contribution in [2.24, 2.45) is 0 Å². The van der Waals surface area contributed by atoms with Gasteiger partial charge in [-0.3, -0.25) is 0 Å². The summed E-state index contributed by atoms with van der Waals surface area (Å²) in [6.07, 6.45) is 5.27. The van der Waals surface area contributed by atoms with Crippen LogP contribution in [0.1, 0.15) is 45.4 Å². The first-order valence-electron chi connectivity index (χ1n) is 4.66. The van der Waals surface area contributed by atoms with E-state index in [2.05, 4.69) is 38.8 Å². The van der Waals surface area contributed by atoms with Crippen LogP contribution in [0.25, 0.3) is 0 Å². The smallest absolute Gasteiger partial charge is 0.194 e. The number of rotatable bonds is 7. The molecule has 0 spiro atoms. The van der Waals surface area contributed by atoms with Crippen LogP contribution in [0.2, 0.25) is 0 Å². The molecule has 0 nitrogen and oxygen atoms in total. The number of alkyl halides is 4. The lowest BCUT2D eigenvalue weighted by Crippen LogP contribution is -2.12. The van der Waals surface area contributed by atoms with Gasteiger partial charge >= 0.3 is 4.83 Å². The van der Waals surface area contributed by atoms with Crippen LogP contribution in [0.15, 0.2) is 0 Å². The van der Waals surface area contributed by atoms with Crippen molar-refractivity contribution in [3.05, 3.63) is 0 Å². The highest BCUT2D eigenvalue weighted by atomic mass is 79.9. The van der Waals surface area contributed by atoms with Crippen LogP contribution in [0.5, 0.6) is 0 Å². The first-order chi connectivity index (χ1) is 5.95. The van der Waals surface area contributed by atoms with Gasteiger partial charge in [0.15, 0.2) is 0 Å². The fraction of sp³-hybridized carbons (Fsp3) is 1.00. The monoisotopic (exact) mass is 320 g/mol. The lowest BCUT2D eigenvalue weighted by molar-refractivity contribution is 0.103. The summed E-state index contributed by atoms with van der Waals surface area (Å²) in [6, 6.07) is 0. The van der Waals surface area contributed by atoms with Crippen molar-refractivity contribution >= 4 is 31.9 Å². The number of unbranched alkanes of at least 4 members (excludes halogenated alkanes) is 3. The largest absolute Gasteiger partial charge is 0.302 e. The third-order valence-corrected chi connectivity index (χ3v) is 2.93. The third kappa shape index (κ3) is 10.7. The minimum atomic E-state index is -2.72. The summed E-state index contributed by atoms with van der Waals surface area (Å²) in [4.78, 5) is -2.79. The highest BCUT2D eigenvalue weighted by Gasteiger charge is 2.27. The van der Waals surface area contributed by atoms with Crippen molar-refractivity contribution in [3.8, 4) is 0 Å². The number of hydrogen-bond donors (Lipinski definition) is 0. The minimum Gasteiger partial charge on any atom is -0.194 e. The topological polar surface area (TPSA) is 0 Å². The molecule has 0 aliphatic rings. The van der Waals surface area contributed by atoms with E-state index >= 15 is 0 Å². The van der Waals surface area contributed by atoms with Gasteiger partial charge in [-0.05, 0) is 22.4 Å². The Morgan fingerprint density at radius 1 is 1.23 bits per heavy atom. The van der Waals surface area contributed by atoms with E-state index in [0.717, 1.165) is 19.3 Å². The van der Waals surface area contributed by atoms with Gasteiger partial charge in [-0.2, -0.15) is 8.78 Å². The van der Waals surface area contributed by atoms with Crippen LogP contribution < -0.4 is 0 Å². The van der Waals surface area contributed by atoms with Gasteiger partial charge < -0.3 is 0 Å². The zero-order valence-corrected chi connectivity index (χ0v) is 11.0. The van der Waals surface area contributed by atoms with E-state index in [9.17, 15) is 8.78 Å². The molecule has 0 aromatic rings. The van der Waals surface area contributed by atoms with E-state index in [1.54, 1.807) is 0 Å². The zero-order chi connectivity index (χ0) is 10.3. The molecule has 1 atom stereocenters. The van der Waals surface area contributed by atoms with Crippen LogP contribution >= 0.6 is 31.9 Å². The molecule has 13 heavy (non-hydrogen) atoms. The molecule has 0 fully saturated rings. The Morgan fingerprint density at radius 3 is 2.31 bits per heavy atom.